The summed E-state index contributed by atoms with van der Waals surface area (Å²) < 4.78 is 5.00. The number of aryl methyl sites for hydroxylation is 1. The molecule has 0 aliphatic heterocycles. The Morgan fingerprint density at radius 3 is 2.74 bits per heavy atom. The predicted molar refractivity (Wildman–Crippen MR) is 121 cm³/mol. The Morgan fingerprint density at radius 1 is 1.06 bits per heavy atom. The van der Waals surface area contributed by atoms with Crippen LogP contribution in [0.5, 0.6) is 0 Å². The first kappa shape index (κ1) is 19.3. The molecule has 0 radical (unpaired) electrons. The van der Waals surface area contributed by atoms with E-state index < -0.39 is 0 Å². The number of hydrogen-bond donors (Lipinski definition) is 0. The van der Waals surface area contributed by atoms with Crippen LogP contribution in [0.15, 0.2) is 75.9 Å². The van der Waals surface area contributed by atoms with E-state index in [9.17, 15) is 9.59 Å². The van der Waals surface area contributed by atoms with Crippen LogP contribution in [0.3, 0.4) is 0 Å². The number of para-hydroxylation sites is 1. The maximum Gasteiger partial charge on any atom is 0.263 e. The minimum atomic E-state index is -0.133. The van der Waals surface area contributed by atoms with Crippen LogP contribution >= 0.6 is 11.8 Å². The van der Waals surface area contributed by atoms with E-state index >= 15 is 0 Å². The number of aromatic nitrogens is 6. The van der Waals surface area contributed by atoms with E-state index in [0.29, 0.717) is 40.0 Å². The van der Waals surface area contributed by atoms with Gasteiger partial charge in [0.25, 0.3) is 11.1 Å². The highest BCUT2D eigenvalue weighted by atomic mass is 32.2. The minimum absolute atomic E-state index is 0.116. The summed E-state index contributed by atoms with van der Waals surface area (Å²) in [5, 5.41) is 9.78. The second-order valence-electron chi connectivity index (χ2n) is 7.07. The Balaban J connectivity index is 1.61. The number of pyridine rings is 1. The van der Waals surface area contributed by atoms with Crippen molar-refractivity contribution in [3.8, 4) is 0 Å². The van der Waals surface area contributed by atoms with Crippen molar-refractivity contribution in [3.63, 3.8) is 0 Å². The molecular formula is C22H18N6O2S. The molecule has 0 saturated heterocycles. The lowest BCUT2D eigenvalue weighted by Crippen LogP contribution is -2.22. The summed E-state index contributed by atoms with van der Waals surface area (Å²) in [6.07, 6.45) is 1.66. The highest BCUT2D eigenvalue weighted by Gasteiger charge is 2.16. The predicted octanol–water partition coefficient (Wildman–Crippen LogP) is 2.84. The van der Waals surface area contributed by atoms with Crippen molar-refractivity contribution in [1.29, 1.82) is 0 Å². The van der Waals surface area contributed by atoms with E-state index in [1.165, 1.54) is 11.8 Å². The van der Waals surface area contributed by atoms with Crippen molar-refractivity contribution in [2.75, 3.05) is 0 Å². The lowest BCUT2D eigenvalue weighted by molar-refractivity contribution is 0.783. The van der Waals surface area contributed by atoms with Gasteiger partial charge in [-0.25, -0.2) is 4.98 Å². The molecule has 4 aromatic heterocycles. The quantitative estimate of drug-likeness (QED) is 0.315. The molecule has 154 valence electrons. The molecule has 8 nitrogen and oxygen atoms in total. The molecule has 9 heteroatoms. The maximum absolute atomic E-state index is 12.9. The van der Waals surface area contributed by atoms with E-state index in [1.54, 1.807) is 27.2 Å². The fourth-order valence-electron chi connectivity index (χ4n) is 3.70. The Hall–Kier alpha value is -3.72. The van der Waals surface area contributed by atoms with Gasteiger partial charge in [-0.1, -0.05) is 36.0 Å². The average Bonchev–Trinajstić information content (AvgIpc) is 3.19. The molecule has 0 unspecified atom stereocenters. The molecule has 1 aromatic carbocycles. The van der Waals surface area contributed by atoms with Crippen molar-refractivity contribution in [1.82, 2.24) is 28.5 Å². The van der Waals surface area contributed by atoms with Crippen LogP contribution in [0.1, 0.15) is 11.4 Å². The van der Waals surface area contributed by atoms with Gasteiger partial charge in [-0.3, -0.25) is 23.0 Å². The van der Waals surface area contributed by atoms with Crippen LogP contribution in [0.25, 0.3) is 22.3 Å². The summed E-state index contributed by atoms with van der Waals surface area (Å²) in [7, 11) is 0. The minimum Gasteiger partial charge on any atom is -0.272 e. The first-order chi connectivity index (χ1) is 15.1. The number of fused-ring (bicyclic) bond motifs is 4. The molecule has 0 amide bonds. The third kappa shape index (κ3) is 3.14. The third-order valence-corrected chi connectivity index (χ3v) is 6.03. The zero-order chi connectivity index (χ0) is 21.5. The van der Waals surface area contributed by atoms with Crippen molar-refractivity contribution >= 4 is 34.1 Å². The lowest BCUT2D eigenvalue weighted by atomic mass is 10.2. The standard InChI is InChI=1S/C22H18N6O2S/c1-3-11-26-20(30)16-8-4-5-9-17(16)28-21(26)24-25-22(28)31-13-15-12-19(29)27-14(2)7-6-10-18(27)23-15/h3-10,12H,1,11,13H2,2H3. The van der Waals surface area contributed by atoms with E-state index in [0.717, 1.165) is 11.2 Å². The third-order valence-electron chi connectivity index (χ3n) is 5.07. The van der Waals surface area contributed by atoms with E-state index in [-0.39, 0.29) is 11.1 Å². The SMILES string of the molecule is C=CCn1c(=O)c2ccccc2n2c(SCc3cc(=O)n4c(C)cccc4n3)nnc12. The molecule has 0 fully saturated rings. The van der Waals surface area contributed by atoms with Gasteiger partial charge in [0, 0.05) is 24.1 Å². The first-order valence-corrected chi connectivity index (χ1v) is 10.7. The number of thioether (sulfide) groups is 1. The topological polar surface area (TPSA) is 86.6 Å². The van der Waals surface area contributed by atoms with Gasteiger partial charge in [0.2, 0.25) is 5.78 Å². The Morgan fingerprint density at radius 2 is 1.90 bits per heavy atom. The van der Waals surface area contributed by atoms with Crippen molar-refractivity contribution in [2.45, 2.75) is 24.4 Å². The molecule has 5 aromatic rings. The van der Waals surface area contributed by atoms with Gasteiger partial charge >= 0.3 is 0 Å². The van der Waals surface area contributed by atoms with E-state index in [4.69, 9.17) is 0 Å². The molecular weight excluding hydrogens is 412 g/mol. The molecule has 0 spiro atoms. The van der Waals surface area contributed by atoms with Crippen LogP contribution in [0.2, 0.25) is 0 Å². The smallest absolute Gasteiger partial charge is 0.263 e. The summed E-state index contributed by atoms with van der Waals surface area (Å²) in [6, 6.07) is 14.5. The zero-order valence-corrected chi connectivity index (χ0v) is 17.5. The Kier molecular flexibility index (Phi) is 4.67. The summed E-state index contributed by atoms with van der Waals surface area (Å²) in [5.41, 5.74) is 2.59. The second-order valence-corrected chi connectivity index (χ2v) is 8.02. The number of hydrogen-bond acceptors (Lipinski definition) is 6. The second kappa shape index (κ2) is 7.51. The van der Waals surface area contributed by atoms with Crippen LogP contribution in [0.4, 0.5) is 0 Å². The number of nitrogens with zero attached hydrogens (tertiary/aromatic N) is 6. The van der Waals surface area contributed by atoms with Gasteiger partial charge in [-0.05, 0) is 31.2 Å². The van der Waals surface area contributed by atoms with E-state index in [1.807, 2.05) is 47.7 Å². The van der Waals surface area contributed by atoms with Crippen LogP contribution in [-0.4, -0.2) is 28.5 Å². The molecule has 0 aliphatic carbocycles. The maximum atomic E-state index is 12.9. The van der Waals surface area contributed by atoms with Crippen molar-refractivity contribution < 1.29 is 0 Å². The molecule has 4 heterocycles. The molecule has 0 N–H and O–H groups in total. The fourth-order valence-corrected chi connectivity index (χ4v) is 4.53. The molecule has 5 rings (SSSR count). The Bertz CT molecular complexity index is 1600. The Labute approximate surface area is 180 Å². The molecule has 0 saturated carbocycles. The summed E-state index contributed by atoms with van der Waals surface area (Å²) in [4.78, 5) is 30.1. The first-order valence-electron chi connectivity index (χ1n) is 9.67. The van der Waals surface area contributed by atoms with Gasteiger partial charge in [0.1, 0.15) is 5.65 Å². The van der Waals surface area contributed by atoms with Crippen LogP contribution < -0.4 is 11.1 Å². The largest absolute Gasteiger partial charge is 0.272 e. The van der Waals surface area contributed by atoms with Gasteiger partial charge < -0.3 is 0 Å². The van der Waals surface area contributed by atoms with Gasteiger partial charge in [-0.15, -0.1) is 16.8 Å². The molecule has 0 bridgehead atoms. The highest BCUT2D eigenvalue weighted by molar-refractivity contribution is 7.98. The number of rotatable bonds is 5. The monoisotopic (exact) mass is 430 g/mol. The fraction of sp³-hybridized carbons (Fsp3) is 0.136. The normalized spacial score (nSPS) is 11.5. The summed E-state index contributed by atoms with van der Waals surface area (Å²) in [5.74, 6) is 0.892. The van der Waals surface area contributed by atoms with Crippen molar-refractivity contribution in [2.24, 2.45) is 0 Å². The van der Waals surface area contributed by atoms with Crippen LogP contribution in [-0.2, 0) is 12.3 Å². The van der Waals surface area contributed by atoms with Crippen molar-refractivity contribution in [3.05, 3.63) is 93.3 Å². The van der Waals surface area contributed by atoms with Crippen LogP contribution in [0, 0.1) is 6.92 Å². The zero-order valence-electron chi connectivity index (χ0n) is 16.7. The summed E-state index contributed by atoms with van der Waals surface area (Å²) >= 11 is 1.42. The highest BCUT2D eigenvalue weighted by Crippen LogP contribution is 2.24. The van der Waals surface area contributed by atoms with E-state index in [2.05, 4.69) is 21.8 Å². The average molecular weight is 430 g/mol. The van der Waals surface area contributed by atoms with Gasteiger partial charge in [0.05, 0.1) is 16.6 Å². The number of allylic oxidation sites excluding steroid dienone is 1. The number of benzene rings is 1. The van der Waals surface area contributed by atoms with Gasteiger partial charge in [0.15, 0.2) is 5.16 Å². The lowest BCUT2D eigenvalue weighted by Gasteiger charge is -2.10. The van der Waals surface area contributed by atoms with Gasteiger partial charge in [-0.2, -0.15) is 0 Å². The molecule has 0 atom stereocenters. The molecule has 31 heavy (non-hydrogen) atoms. The summed E-state index contributed by atoms with van der Waals surface area (Å²) in [6.45, 7) is 5.95. The molecule has 0 aliphatic rings.